The van der Waals surface area contributed by atoms with Gasteiger partial charge in [-0.3, -0.25) is 4.36 Å². The Kier molecular flexibility index (Phi) is 5.32. The van der Waals surface area contributed by atoms with Crippen LogP contribution in [0.15, 0.2) is 4.36 Å². The molecule has 0 aliphatic carbocycles. The third-order valence-corrected chi connectivity index (χ3v) is 1.34. The van der Waals surface area contributed by atoms with Crippen molar-refractivity contribution < 1.29 is 4.74 Å². The summed E-state index contributed by atoms with van der Waals surface area (Å²) in [5.41, 5.74) is 0. The summed E-state index contributed by atoms with van der Waals surface area (Å²) in [4.78, 5) is 0. The summed E-state index contributed by atoms with van der Waals surface area (Å²) in [6.45, 7) is 1.60. The van der Waals surface area contributed by atoms with Gasteiger partial charge in [-0.2, -0.15) is 0 Å². The van der Waals surface area contributed by atoms with Gasteiger partial charge in [0, 0.05) is 7.11 Å². The summed E-state index contributed by atoms with van der Waals surface area (Å²) in [6, 6.07) is 0. The monoisotopic (exact) mass is 135 g/mol. The molecule has 0 aliphatic heterocycles. The minimum absolute atomic E-state index is 0.228. The first-order valence-electron chi connectivity index (χ1n) is 2.51. The normalized spacial score (nSPS) is 10.0. The number of ether oxygens (including phenoxy) is 1. The Labute approximate surface area is 53.3 Å². The quantitative estimate of drug-likeness (QED) is 0.522. The van der Waals surface area contributed by atoms with Gasteiger partial charge >= 0.3 is 0 Å². The fourth-order valence-electron chi connectivity index (χ4n) is 0.311. The average Bonchev–Trinajstić information content (AvgIpc) is 1.66. The van der Waals surface area contributed by atoms with E-state index in [1.165, 1.54) is 0 Å². The molecule has 0 aromatic heterocycles. The van der Waals surface area contributed by atoms with Crippen molar-refractivity contribution in [2.45, 2.75) is 0 Å². The van der Waals surface area contributed by atoms with Crippen LogP contribution in [0.25, 0.3) is 0 Å². The lowest BCUT2D eigenvalue weighted by atomic mass is 10.7. The maximum atomic E-state index is 4.80. The molecule has 0 fully saturated rings. The van der Waals surface area contributed by atoms with Crippen molar-refractivity contribution in [3.63, 3.8) is 0 Å². The van der Waals surface area contributed by atoms with Gasteiger partial charge < -0.3 is 4.74 Å². The number of rotatable bonds is 3. The minimum Gasteiger partial charge on any atom is -0.383 e. The molecular weight excluding hydrogens is 122 g/mol. The van der Waals surface area contributed by atoms with Gasteiger partial charge in [0.2, 0.25) is 0 Å². The van der Waals surface area contributed by atoms with E-state index in [4.69, 9.17) is 4.74 Å². The zero-order chi connectivity index (χ0) is 6.41. The third kappa shape index (κ3) is 6.11. The van der Waals surface area contributed by atoms with Gasteiger partial charge in [0.05, 0.1) is 13.2 Å². The standard InChI is InChI=1S/C5H13NOS/c1-7-5-4-6-8(2)3/h4-5H2,1-3H3. The van der Waals surface area contributed by atoms with Crippen LogP contribution in [0.5, 0.6) is 0 Å². The van der Waals surface area contributed by atoms with Crippen LogP contribution in [0.3, 0.4) is 0 Å². The molecule has 0 spiro atoms. The van der Waals surface area contributed by atoms with Crippen molar-refractivity contribution in [3.8, 4) is 0 Å². The van der Waals surface area contributed by atoms with E-state index >= 15 is 0 Å². The molecule has 0 N–H and O–H groups in total. The molecule has 0 saturated carbocycles. The second-order valence-corrected chi connectivity index (χ2v) is 3.42. The van der Waals surface area contributed by atoms with Gasteiger partial charge in [-0.15, -0.1) is 10.7 Å². The van der Waals surface area contributed by atoms with E-state index in [9.17, 15) is 0 Å². The molecule has 0 aromatic carbocycles. The molecule has 0 radical (unpaired) electrons. The van der Waals surface area contributed by atoms with Crippen molar-refractivity contribution in [2.24, 2.45) is 4.36 Å². The minimum atomic E-state index is 0.228. The summed E-state index contributed by atoms with van der Waals surface area (Å²) >= 11 is 0. The first-order chi connectivity index (χ1) is 3.77. The topological polar surface area (TPSA) is 21.6 Å². The van der Waals surface area contributed by atoms with E-state index in [0.717, 1.165) is 13.2 Å². The molecule has 8 heavy (non-hydrogen) atoms. The van der Waals surface area contributed by atoms with E-state index in [1.54, 1.807) is 7.11 Å². The predicted molar refractivity (Wildman–Crippen MR) is 38.4 cm³/mol. The highest BCUT2D eigenvalue weighted by atomic mass is 32.2. The second kappa shape index (κ2) is 5.25. The van der Waals surface area contributed by atoms with Gasteiger partial charge in [0.15, 0.2) is 0 Å². The Hall–Kier alpha value is 0.110. The molecule has 0 aromatic rings. The Morgan fingerprint density at radius 2 is 2.12 bits per heavy atom. The highest BCUT2D eigenvalue weighted by molar-refractivity contribution is 7.85. The molecule has 0 unspecified atom stereocenters. The van der Waals surface area contributed by atoms with Gasteiger partial charge in [-0.25, -0.2) is 0 Å². The zero-order valence-electron chi connectivity index (χ0n) is 5.68. The van der Waals surface area contributed by atoms with Crippen molar-refractivity contribution in [3.05, 3.63) is 0 Å². The molecule has 0 bridgehead atoms. The van der Waals surface area contributed by atoms with Crippen LogP contribution in [0.1, 0.15) is 0 Å². The van der Waals surface area contributed by atoms with Gasteiger partial charge in [-0.05, 0) is 12.5 Å². The molecule has 2 nitrogen and oxygen atoms in total. The molecule has 0 heterocycles. The number of hydrogen-bond donors (Lipinski definition) is 0. The molecular formula is C5H13NOS. The molecule has 0 saturated heterocycles. The molecule has 0 rings (SSSR count). The largest absolute Gasteiger partial charge is 0.383 e. The van der Waals surface area contributed by atoms with E-state index in [2.05, 4.69) is 16.9 Å². The fourth-order valence-corrected chi connectivity index (χ4v) is 0.751. The lowest BCUT2D eigenvalue weighted by Gasteiger charge is -1.92. The first kappa shape index (κ1) is 8.11. The number of nitrogens with zero attached hydrogens (tertiary/aromatic N) is 1. The maximum Gasteiger partial charge on any atom is 0.0692 e. The Morgan fingerprint density at radius 3 is 2.50 bits per heavy atom. The highest BCUT2D eigenvalue weighted by Gasteiger charge is 1.76. The lowest BCUT2D eigenvalue weighted by Crippen LogP contribution is -1.93. The Bertz CT molecular complexity index is 78.5. The Balaban J connectivity index is 3.03. The van der Waals surface area contributed by atoms with Crippen LogP contribution < -0.4 is 0 Å². The van der Waals surface area contributed by atoms with Crippen molar-refractivity contribution >= 4 is 10.7 Å². The van der Waals surface area contributed by atoms with E-state index < -0.39 is 0 Å². The van der Waals surface area contributed by atoms with Crippen molar-refractivity contribution in [2.75, 3.05) is 32.8 Å². The van der Waals surface area contributed by atoms with Gasteiger partial charge in [-0.1, -0.05) is 0 Å². The van der Waals surface area contributed by atoms with E-state index in [1.807, 2.05) is 0 Å². The molecule has 0 amide bonds. The summed E-state index contributed by atoms with van der Waals surface area (Å²) < 4.78 is 9.02. The SMILES string of the molecule is COCCN=S(C)C. The predicted octanol–water partition coefficient (Wildman–Crippen LogP) is 0.694. The zero-order valence-corrected chi connectivity index (χ0v) is 6.49. The van der Waals surface area contributed by atoms with Crippen LogP contribution in [-0.4, -0.2) is 32.8 Å². The van der Waals surface area contributed by atoms with Crippen LogP contribution in [0.4, 0.5) is 0 Å². The van der Waals surface area contributed by atoms with Crippen molar-refractivity contribution in [1.82, 2.24) is 0 Å². The summed E-state index contributed by atoms with van der Waals surface area (Å²) in [7, 11) is 1.92. The summed E-state index contributed by atoms with van der Waals surface area (Å²) in [6.07, 6.45) is 4.19. The van der Waals surface area contributed by atoms with Gasteiger partial charge in [0.25, 0.3) is 0 Å². The number of methoxy groups -OCH3 is 1. The summed E-state index contributed by atoms with van der Waals surface area (Å²) in [5, 5.41) is 0. The Morgan fingerprint density at radius 1 is 1.50 bits per heavy atom. The smallest absolute Gasteiger partial charge is 0.0692 e. The van der Waals surface area contributed by atoms with Crippen LogP contribution in [0, 0.1) is 0 Å². The molecule has 0 atom stereocenters. The lowest BCUT2D eigenvalue weighted by molar-refractivity contribution is 0.208. The molecule has 3 heteroatoms. The second-order valence-electron chi connectivity index (χ2n) is 1.62. The summed E-state index contributed by atoms with van der Waals surface area (Å²) in [5.74, 6) is 0. The average molecular weight is 135 g/mol. The number of hydrogen-bond acceptors (Lipinski definition) is 2. The third-order valence-electron chi connectivity index (χ3n) is 0.645. The first-order valence-corrected chi connectivity index (χ1v) is 4.51. The van der Waals surface area contributed by atoms with E-state index in [0.29, 0.717) is 0 Å². The van der Waals surface area contributed by atoms with Crippen LogP contribution in [-0.2, 0) is 15.4 Å². The van der Waals surface area contributed by atoms with E-state index in [-0.39, 0.29) is 10.7 Å². The van der Waals surface area contributed by atoms with Crippen molar-refractivity contribution in [1.29, 1.82) is 0 Å². The highest BCUT2D eigenvalue weighted by Crippen LogP contribution is 1.76. The fraction of sp³-hybridized carbons (Fsp3) is 1.00. The molecule has 50 valence electrons. The van der Waals surface area contributed by atoms with Gasteiger partial charge in [0.1, 0.15) is 0 Å². The molecule has 0 aliphatic rings. The maximum absolute atomic E-state index is 4.80. The van der Waals surface area contributed by atoms with Crippen LogP contribution in [0.2, 0.25) is 0 Å². The van der Waals surface area contributed by atoms with Crippen LogP contribution >= 0.6 is 0 Å².